The lowest BCUT2D eigenvalue weighted by Crippen LogP contribution is -2.51. The molecule has 0 spiro atoms. The van der Waals surface area contributed by atoms with E-state index >= 15 is 0 Å². The summed E-state index contributed by atoms with van der Waals surface area (Å²) in [4.78, 5) is 10.8. The molecule has 2 aliphatic rings. The monoisotopic (exact) mass is 560 g/mol. The standard InChI is InChI=1S/C21H32N6O2S.HI/c1-16-13-26(6-8-28-16)18(20-5-4-10-30-20)12-23-21(22-2)27-7-9-29-19(15-27)17-11-24-25(3)14-17;/h4-5,10-11,14,16,18-19H,6-9,12-13,15H2,1-3H3,(H,22,23);1H. The molecule has 2 fully saturated rings. The molecule has 0 saturated carbocycles. The van der Waals surface area contributed by atoms with Gasteiger partial charge in [-0.15, -0.1) is 35.3 Å². The van der Waals surface area contributed by atoms with Crippen molar-refractivity contribution in [2.75, 3.05) is 53.0 Å². The van der Waals surface area contributed by atoms with Gasteiger partial charge >= 0.3 is 0 Å². The summed E-state index contributed by atoms with van der Waals surface area (Å²) in [6.07, 6.45) is 4.19. The zero-order valence-electron chi connectivity index (χ0n) is 18.4. The molecule has 8 nitrogen and oxygen atoms in total. The van der Waals surface area contributed by atoms with E-state index in [-0.39, 0.29) is 36.2 Å². The maximum absolute atomic E-state index is 6.00. The van der Waals surface area contributed by atoms with Crippen LogP contribution in [0.15, 0.2) is 34.9 Å². The Morgan fingerprint density at radius 2 is 2.16 bits per heavy atom. The van der Waals surface area contributed by atoms with Crippen molar-refractivity contribution in [2.45, 2.75) is 25.2 Å². The molecule has 2 aromatic heterocycles. The van der Waals surface area contributed by atoms with Crippen LogP contribution in [-0.2, 0) is 16.5 Å². The van der Waals surface area contributed by atoms with Gasteiger partial charge in [-0.2, -0.15) is 5.10 Å². The molecule has 0 amide bonds. The molecule has 0 bridgehead atoms. The third-order valence-corrected chi connectivity index (χ3v) is 6.69. The lowest BCUT2D eigenvalue weighted by atomic mass is 10.1. The summed E-state index contributed by atoms with van der Waals surface area (Å²) in [5.74, 6) is 0.926. The number of aromatic nitrogens is 2. The molecule has 0 radical (unpaired) electrons. The Labute approximate surface area is 205 Å². The number of aliphatic imine (C=N–C) groups is 1. The van der Waals surface area contributed by atoms with Crippen LogP contribution in [0.3, 0.4) is 0 Å². The molecular weight excluding hydrogens is 527 g/mol. The van der Waals surface area contributed by atoms with Crippen LogP contribution < -0.4 is 5.32 Å². The number of morpholine rings is 2. The van der Waals surface area contributed by atoms with Crippen molar-refractivity contribution in [1.29, 1.82) is 0 Å². The second-order valence-corrected chi connectivity index (χ2v) is 8.87. The number of thiophene rings is 1. The first-order valence-electron chi connectivity index (χ1n) is 10.6. The average Bonchev–Trinajstić information content (AvgIpc) is 3.43. The van der Waals surface area contributed by atoms with E-state index in [0.29, 0.717) is 12.6 Å². The number of guanidine groups is 1. The predicted molar refractivity (Wildman–Crippen MR) is 134 cm³/mol. The highest BCUT2D eigenvalue weighted by Crippen LogP contribution is 2.27. The van der Waals surface area contributed by atoms with Gasteiger partial charge in [0.05, 0.1) is 38.1 Å². The van der Waals surface area contributed by atoms with Crippen molar-refractivity contribution < 1.29 is 9.47 Å². The van der Waals surface area contributed by atoms with Gasteiger partial charge in [-0.25, -0.2) is 0 Å². The Hall–Kier alpha value is -1.21. The summed E-state index contributed by atoms with van der Waals surface area (Å²) >= 11 is 1.82. The summed E-state index contributed by atoms with van der Waals surface area (Å²) in [6.45, 7) is 7.92. The maximum Gasteiger partial charge on any atom is 0.193 e. The zero-order chi connectivity index (χ0) is 20.9. The summed E-state index contributed by atoms with van der Waals surface area (Å²) in [6, 6.07) is 4.67. The number of hydrogen-bond acceptors (Lipinski definition) is 6. The topological polar surface area (TPSA) is 67.2 Å². The van der Waals surface area contributed by atoms with Crippen LogP contribution in [0.4, 0.5) is 0 Å². The third kappa shape index (κ3) is 6.19. The zero-order valence-corrected chi connectivity index (χ0v) is 21.6. The van der Waals surface area contributed by atoms with Gasteiger partial charge in [0.15, 0.2) is 5.96 Å². The van der Waals surface area contributed by atoms with Crippen LogP contribution in [0.25, 0.3) is 0 Å². The van der Waals surface area contributed by atoms with Crippen LogP contribution in [-0.4, -0.2) is 84.6 Å². The smallest absolute Gasteiger partial charge is 0.193 e. The molecule has 10 heteroatoms. The Balaban J connectivity index is 0.00000272. The largest absolute Gasteiger partial charge is 0.376 e. The average molecular weight is 561 g/mol. The van der Waals surface area contributed by atoms with E-state index in [1.54, 1.807) is 0 Å². The summed E-state index contributed by atoms with van der Waals surface area (Å²) in [5, 5.41) is 10.1. The predicted octanol–water partition coefficient (Wildman–Crippen LogP) is 2.51. The molecule has 31 heavy (non-hydrogen) atoms. The van der Waals surface area contributed by atoms with Crippen LogP contribution in [0, 0.1) is 0 Å². The van der Waals surface area contributed by atoms with Gasteiger partial charge in [0.25, 0.3) is 0 Å². The van der Waals surface area contributed by atoms with Crippen LogP contribution in [0.2, 0.25) is 0 Å². The highest BCUT2D eigenvalue weighted by atomic mass is 127. The van der Waals surface area contributed by atoms with E-state index in [1.807, 2.05) is 42.5 Å². The number of nitrogens with one attached hydrogen (secondary N) is 1. The number of rotatable bonds is 5. The second-order valence-electron chi connectivity index (χ2n) is 7.89. The van der Waals surface area contributed by atoms with Crippen molar-refractivity contribution >= 4 is 41.3 Å². The molecule has 4 heterocycles. The first kappa shape index (κ1) is 24.4. The van der Waals surface area contributed by atoms with Gasteiger partial charge in [0.2, 0.25) is 0 Å². The molecule has 2 aromatic rings. The fourth-order valence-electron chi connectivity index (χ4n) is 4.19. The highest BCUT2D eigenvalue weighted by Gasteiger charge is 2.29. The lowest BCUT2D eigenvalue weighted by Gasteiger charge is -2.38. The van der Waals surface area contributed by atoms with Crippen molar-refractivity contribution in [3.05, 3.63) is 40.3 Å². The fourth-order valence-corrected chi connectivity index (χ4v) is 5.05. The molecule has 2 saturated heterocycles. The van der Waals surface area contributed by atoms with Gasteiger partial charge in [0.1, 0.15) is 6.10 Å². The highest BCUT2D eigenvalue weighted by molar-refractivity contribution is 14.0. The number of halogens is 1. The number of nitrogens with zero attached hydrogens (tertiary/aromatic N) is 5. The quantitative estimate of drug-likeness (QED) is 0.345. The summed E-state index contributed by atoms with van der Waals surface area (Å²) < 4.78 is 13.6. The lowest BCUT2D eigenvalue weighted by molar-refractivity contribution is -0.0337. The van der Waals surface area contributed by atoms with Crippen LogP contribution >= 0.6 is 35.3 Å². The SMILES string of the molecule is CN=C(NCC(c1cccs1)N1CCOC(C)C1)N1CCOC(c2cnn(C)c2)C1.I. The minimum absolute atomic E-state index is 0. The molecule has 2 aliphatic heterocycles. The third-order valence-electron chi connectivity index (χ3n) is 5.71. The number of aryl methyl sites for hydroxylation is 1. The first-order chi connectivity index (χ1) is 14.6. The Morgan fingerprint density at radius 1 is 1.32 bits per heavy atom. The van der Waals surface area contributed by atoms with Gasteiger partial charge in [-0.05, 0) is 18.4 Å². The van der Waals surface area contributed by atoms with E-state index in [1.165, 1.54) is 4.88 Å². The minimum atomic E-state index is 0. The molecule has 4 rings (SSSR count). The minimum Gasteiger partial charge on any atom is -0.376 e. The molecule has 172 valence electrons. The van der Waals surface area contributed by atoms with E-state index in [2.05, 4.69) is 49.6 Å². The Kier molecular flexibility index (Phi) is 9.14. The fraction of sp³-hybridized carbons (Fsp3) is 0.619. The molecular formula is C21H33IN6O2S. The van der Waals surface area contributed by atoms with Gasteiger partial charge in [-0.1, -0.05) is 6.07 Å². The van der Waals surface area contributed by atoms with Crippen LogP contribution in [0.5, 0.6) is 0 Å². The Morgan fingerprint density at radius 3 is 2.84 bits per heavy atom. The van der Waals surface area contributed by atoms with E-state index in [0.717, 1.165) is 50.9 Å². The molecule has 3 unspecified atom stereocenters. The van der Waals surface area contributed by atoms with Gasteiger partial charge in [-0.3, -0.25) is 14.6 Å². The maximum atomic E-state index is 6.00. The van der Waals surface area contributed by atoms with Crippen molar-refractivity contribution in [2.24, 2.45) is 12.0 Å². The molecule has 0 aliphatic carbocycles. The normalized spacial score (nSPS) is 24.0. The molecule has 3 atom stereocenters. The summed E-state index contributed by atoms with van der Waals surface area (Å²) in [7, 11) is 3.79. The van der Waals surface area contributed by atoms with Gasteiger partial charge < -0.3 is 19.7 Å². The van der Waals surface area contributed by atoms with E-state index < -0.39 is 0 Å². The Bertz CT molecular complexity index is 830. The van der Waals surface area contributed by atoms with Crippen LogP contribution in [0.1, 0.15) is 29.5 Å². The molecule has 0 aromatic carbocycles. The van der Waals surface area contributed by atoms with Crippen molar-refractivity contribution in [3.8, 4) is 0 Å². The second kappa shape index (κ2) is 11.6. The number of hydrogen-bond donors (Lipinski definition) is 1. The number of ether oxygens (including phenoxy) is 2. The first-order valence-corrected chi connectivity index (χ1v) is 11.5. The van der Waals surface area contributed by atoms with E-state index in [4.69, 9.17) is 9.47 Å². The van der Waals surface area contributed by atoms with E-state index in [9.17, 15) is 0 Å². The molecule has 1 N–H and O–H groups in total. The van der Waals surface area contributed by atoms with Crippen molar-refractivity contribution in [3.63, 3.8) is 0 Å². The summed E-state index contributed by atoms with van der Waals surface area (Å²) in [5.41, 5.74) is 1.11. The van der Waals surface area contributed by atoms with Gasteiger partial charge in [0, 0.05) is 56.9 Å². The van der Waals surface area contributed by atoms with Crippen molar-refractivity contribution in [1.82, 2.24) is 24.9 Å².